The van der Waals surface area contributed by atoms with Gasteiger partial charge in [0.15, 0.2) is 11.5 Å². The summed E-state index contributed by atoms with van der Waals surface area (Å²) in [5, 5.41) is 18.8. The van der Waals surface area contributed by atoms with Gasteiger partial charge in [0.2, 0.25) is 17.9 Å². The topological polar surface area (TPSA) is 138 Å². The number of nitrogens with zero attached hydrogens (tertiary/aromatic N) is 2. The molecule has 3 aromatic rings. The van der Waals surface area contributed by atoms with Gasteiger partial charge in [-0.3, -0.25) is 0 Å². The van der Waals surface area contributed by atoms with E-state index in [2.05, 4.69) is 10.2 Å². The van der Waals surface area contributed by atoms with Gasteiger partial charge in [0.05, 0.1) is 18.2 Å². The van der Waals surface area contributed by atoms with Crippen molar-refractivity contribution in [3.05, 3.63) is 70.0 Å². The van der Waals surface area contributed by atoms with Crippen molar-refractivity contribution in [2.75, 3.05) is 7.11 Å². The molecule has 1 aromatic heterocycles. The van der Waals surface area contributed by atoms with Crippen molar-refractivity contribution in [1.82, 2.24) is 0 Å². The smallest absolute Gasteiger partial charge is 0.505 e. The first-order valence-electron chi connectivity index (χ1n) is 10.6. The number of azo groups is 1. The van der Waals surface area contributed by atoms with Crippen LogP contribution in [0.1, 0.15) is 12.5 Å². The first kappa shape index (κ1) is 22.3. The summed E-state index contributed by atoms with van der Waals surface area (Å²) in [7, 11) is 1.43. The molecule has 0 bridgehead atoms. The van der Waals surface area contributed by atoms with E-state index in [0.717, 1.165) is 0 Å². The molecule has 5 rings (SSSR count). The monoisotopic (exact) mass is 480 g/mol. The lowest BCUT2D eigenvalue weighted by Gasteiger charge is -2.32. The van der Waals surface area contributed by atoms with Gasteiger partial charge in [0.25, 0.3) is 6.29 Å². The highest BCUT2D eigenvalue weighted by atomic mass is 16.8. The summed E-state index contributed by atoms with van der Waals surface area (Å²) < 4.78 is 32.9. The lowest BCUT2D eigenvalue weighted by Crippen LogP contribution is -2.45. The van der Waals surface area contributed by atoms with E-state index in [-0.39, 0.29) is 28.2 Å². The molecule has 3 atom stereocenters. The zero-order valence-electron chi connectivity index (χ0n) is 18.9. The van der Waals surface area contributed by atoms with Crippen molar-refractivity contribution in [1.29, 1.82) is 0 Å². The number of hydrogen-bond acceptors (Lipinski definition) is 11. The average Bonchev–Trinajstić information content (AvgIpc) is 3.23. The fourth-order valence-corrected chi connectivity index (χ4v) is 3.92. The zero-order valence-corrected chi connectivity index (χ0v) is 18.9. The third-order valence-electron chi connectivity index (χ3n) is 5.63. The lowest BCUT2D eigenvalue weighted by atomic mass is 10.1. The number of methoxy groups -OCH3 is 1. The van der Waals surface area contributed by atoms with Crippen LogP contribution in [0.25, 0.3) is 11.0 Å². The van der Waals surface area contributed by atoms with Crippen LogP contribution < -0.4 is 10.4 Å². The van der Waals surface area contributed by atoms with Crippen LogP contribution in [0, 0.1) is 6.92 Å². The van der Waals surface area contributed by atoms with Crippen molar-refractivity contribution in [3.8, 4) is 11.5 Å². The van der Waals surface area contributed by atoms with Crippen LogP contribution in [0.2, 0.25) is 0 Å². The SMILES string of the molecule is COC1=C(C)OC(Oc2ccc3c(O)c(N=Nc4ccccc4)c(=O)oc3c2C)[C@H]2OC(=O)O[C@@H]12. The van der Waals surface area contributed by atoms with Crippen molar-refractivity contribution < 1.29 is 38.0 Å². The lowest BCUT2D eigenvalue weighted by molar-refractivity contribution is -0.140. The minimum Gasteiger partial charge on any atom is -0.505 e. The Kier molecular flexibility index (Phi) is 5.51. The number of hydrogen-bond donors (Lipinski definition) is 1. The molecule has 0 spiro atoms. The molecule has 1 fully saturated rings. The Hall–Kier alpha value is -4.54. The Morgan fingerprint density at radius 1 is 0.971 bits per heavy atom. The van der Waals surface area contributed by atoms with Crippen LogP contribution in [-0.2, 0) is 18.9 Å². The Bertz CT molecular complexity index is 1430. The fourth-order valence-electron chi connectivity index (χ4n) is 3.92. The molecule has 2 aromatic carbocycles. The quantitative estimate of drug-likeness (QED) is 0.312. The molecule has 180 valence electrons. The standard InChI is InChI=1S/C24H20N2O9/c1-11-15(32-23-21-20(34-24(29)35-21)19(30-3)12(2)31-23)10-9-14-17(27)16(22(28)33-18(11)14)26-25-13-7-5-4-6-8-13/h4-10,20-21,23,27H,1-3H3/t20-,21-,23?/m0/s1. The molecule has 1 saturated heterocycles. The van der Waals surface area contributed by atoms with Crippen molar-refractivity contribution in [2.45, 2.75) is 32.3 Å². The molecule has 0 aliphatic carbocycles. The second kappa shape index (κ2) is 8.67. The zero-order chi connectivity index (χ0) is 24.7. The maximum Gasteiger partial charge on any atom is 0.509 e. The van der Waals surface area contributed by atoms with Crippen molar-refractivity contribution >= 4 is 28.5 Å². The maximum absolute atomic E-state index is 12.6. The molecule has 35 heavy (non-hydrogen) atoms. The largest absolute Gasteiger partial charge is 0.509 e. The van der Waals surface area contributed by atoms with E-state index < -0.39 is 30.3 Å². The Labute approximate surface area is 198 Å². The number of fused-ring (bicyclic) bond motifs is 2. The highest BCUT2D eigenvalue weighted by molar-refractivity contribution is 5.90. The van der Waals surface area contributed by atoms with Crippen LogP contribution in [0.3, 0.4) is 0 Å². The highest BCUT2D eigenvalue weighted by Crippen LogP contribution is 2.39. The normalized spacial score (nSPS) is 21.5. The van der Waals surface area contributed by atoms with E-state index in [1.807, 2.05) is 6.07 Å². The van der Waals surface area contributed by atoms with E-state index in [9.17, 15) is 14.7 Å². The predicted molar refractivity (Wildman–Crippen MR) is 120 cm³/mol. The molecular weight excluding hydrogens is 460 g/mol. The number of carbonyl (C=O) groups excluding carboxylic acids is 1. The van der Waals surface area contributed by atoms with Gasteiger partial charge in [0, 0.05) is 5.56 Å². The molecule has 2 aliphatic rings. The first-order valence-corrected chi connectivity index (χ1v) is 10.6. The summed E-state index contributed by atoms with van der Waals surface area (Å²) in [4.78, 5) is 24.3. The van der Waals surface area contributed by atoms with Crippen LogP contribution in [0.15, 0.2) is 73.4 Å². The first-order chi connectivity index (χ1) is 16.9. The Balaban J connectivity index is 1.48. The Morgan fingerprint density at radius 3 is 2.49 bits per heavy atom. The number of ether oxygens (including phenoxy) is 5. The van der Waals surface area contributed by atoms with Crippen molar-refractivity contribution in [3.63, 3.8) is 0 Å². The summed E-state index contributed by atoms with van der Waals surface area (Å²) in [6.45, 7) is 3.29. The summed E-state index contributed by atoms with van der Waals surface area (Å²) in [6, 6.07) is 11.8. The molecular formula is C24H20N2O9. The predicted octanol–water partition coefficient (Wildman–Crippen LogP) is 4.74. The van der Waals surface area contributed by atoms with Gasteiger partial charge in [-0.2, -0.15) is 5.11 Å². The minimum absolute atomic E-state index is 0.0977. The van der Waals surface area contributed by atoms with Crippen LogP contribution in [-0.4, -0.2) is 36.9 Å². The summed E-state index contributed by atoms with van der Waals surface area (Å²) >= 11 is 0. The number of aromatic hydroxyl groups is 1. The van der Waals surface area contributed by atoms with Crippen LogP contribution >= 0.6 is 0 Å². The molecule has 11 heteroatoms. The second-order valence-corrected chi connectivity index (χ2v) is 7.79. The van der Waals surface area contributed by atoms with E-state index >= 15 is 0 Å². The van der Waals surface area contributed by atoms with E-state index in [0.29, 0.717) is 22.8 Å². The molecule has 1 unspecified atom stereocenters. The molecule has 0 saturated carbocycles. The van der Waals surface area contributed by atoms with Gasteiger partial charge in [-0.1, -0.05) is 18.2 Å². The van der Waals surface area contributed by atoms with Gasteiger partial charge in [-0.25, -0.2) is 9.59 Å². The molecule has 11 nitrogen and oxygen atoms in total. The van der Waals surface area contributed by atoms with E-state index in [1.54, 1.807) is 44.2 Å². The highest BCUT2D eigenvalue weighted by Gasteiger charge is 2.51. The van der Waals surface area contributed by atoms with Gasteiger partial charge in [-0.05, 0) is 38.1 Å². The van der Waals surface area contributed by atoms with Crippen LogP contribution in [0.5, 0.6) is 11.5 Å². The van der Waals surface area contributed by atoms with Gasteiger partial charge in [-0.15, -0.1) is 5.11 Å². The van der Waals surface area contributed by atoms with E-state index in [1.165, 1.54) is 13.2 Å². The summed E-state index contributed by atoms with van der Waals surface area (Å²) in [5.74, 6) is 0.595. The number of aryl methyl sites for hydroxylation is 1. The second-order valence-electron chi connectivity index (χ2n) is 7.79. The molecule has 0 amide bonds. The minimum atomic E-state index is -1.05. The molecule has 3 heterocycles. The molecule has 2 aliphatic heterocycles. The average molecular weight is 480 g/mol. The van der Waals surface area contributed by atoms with E-state index in [4.69, 9.17) is 28.1 Å². The summed E-state index contributed by atoms with van der Waals surface area (Å²) in [6.07, 6.45) is -3.67. The molecule has 1 N–H and O–H groups in total. The number of rotatable bonds is 5. The molecule has 0 radical (unpaired) electrons. The fraction of sp³-hybridized carbons (Fsp3) is 0.250. The number of carbonyl (C=O) groups is 1. The Morgan fingerprint density at radius 2 is 1.74 bits per heavy atom. The van der Waals surface area contributed by atoms with Crippen LogP contribution in [0.4, 0.5) is 16.2 Å². The maximum atomic E-state index is 12.6. The van der Waals surface area contributed by atoms with Crippen molar-refractivity contribution in [2.24, 2.45) is 10.2 Å². The number of allylic oxidation sites excluding steroid dienone is 1. The third-order valence-corrected chi connectivity index (χ3v) is 5.63. The van der Waals surface area contributed by atoms with Gasteiger partial charge in [0.1, 0.15) is 17.1 Å². The number of benzene rings is 2. The third kappa shape index (κ3) is 3.90. The van der Waals surface area contributed by atoms with Gasteiger partial charge >= 0.3 is 11.8 Å². The van der Waals surface area contributed by atoms with Gasteiger partial charge < -0.3 is 33.2 Å². The summed E-state index contributed by atoms with van der Waals surface area (Å²) in [5.41, 5.74) is -0.178.